The number of rotatable bonds is 10. The second-order valence-corrected chi connectivity index (χ2v) is 12.2. The first-order valence-electron chi connectivity index (χ1n) is 14.6. The molecule has 0 saturated heterocycles. The number of halogens is 1. The molecule has 5 aromatic carbocycles. The Labute approximate surface area is 277 Å². The SMILES string of the molecule is Cc1cc(C)cc(NC(=O)C(Sc2ccc(NC(=O)/C(=C/c3ccccc3Cl)NC(=O)c3ccccc3)cc2)c2ccccc2)c1. The zero-order chi connectivity index (χ0) is 32.5. The van der Waals surface area contributed by atoms with E-state index in [1.165, 1.54) is 11.8 Å². The average Bonchev–Trinajstić information content (AvgIpc) is 3.05. The molecule has 8 heteroatoms. The summed E-state index contributed by atoms with van der Waals surface area (Å²) < 4.78 is 0. The van der Waals surface area contributed by atoms with Gasteiger partial charge in [0, 0.05) is 26.9 Å². The van der Waals surface area contributed by atoms with E-state index < -0.39 is 17.1 Å². The molecule has 0 bridgehead atoms. The maximum Gasteiger partial charge on any atom is 0.272 e. The number of hydrogen-bond donors (Lipinski definition) is 3. The fourth-order valence-corrected chi connectivity index (χ4v) is 6.01. The van der Waals surface area contributed by atoms with Gasteiger partial charge in [0.15, 0.2) is 0 Å². The second-order valence-electron chi connectivity index (χ2n) is 10.7. The van der Waals surface area contributed by atoms with Crippen molar-refractivity contribution in [3.63, 3.8) is 0 Å². The summed E-state index contributed by atoms with van der Waals surface area (Å²) in [4.78, 5) is 40.8. The third kappa shape index (κ3) is 8.75. The molecule has 5 aromatic rings. The van der Waals surface area contributed by atoms with Gasteiger partial charge in [-0.15, -0.1) is 11.8 Å². The number of carbonyl (C=O) groups is 3. The first-order chi connectivity index (χ1) is 22.2. The predicted molar refractivity (Wildman–Crippen MR) is 188 cm³/mol. The van der Waals surface area contributed by atoms with Crippen molar-refractivity contribution in [2.45, 2.75) is 24.0 Å². The molecule has 0 aliphatic carbocycles. The molecule has 3 N–H and O–H groups in total. The molecule has 1 unspecified atom stereocenters. The monoisotopic (exact) mass is 645 g/mol. The summed E-state index contributed by atoms with van der Waals surface area (Å²) >= 11 is 7.76. The summed E-state index contributed by atoms with van der Waals surface area (Å²) in [5, 5.41) is 8.60. The van der Waals surface area contributed by atoms with Crippen LogP contribution in [0.15, 0.2) is 138 Å². The van der Waals surface area contributed by atoms with Gasteiger partial charge < -0.3 is 16.0 Å². The maximum absolute atomic E-state index is 13.6. The molecular weight excluding hydrogens is 614 g/mol. The van der Waals surface area contributed by atoms with E-state index in [0.29, 0.717) is 21.8 Å². The molecular formula is C38H32ClN3O3S. The van der Waals surface area contributed by atoms with Gasteiger partial charge >= 0.3 is 0 Å². The van der Waals surface area contributed by atoms with Crippen LogP contribution in [0.2, 0.25) is 5.02 Å². The molecule has 1 atom stereocenters. The van der Waals surface area contributed by atoms with Crippen LogP contribution in [-0.4, -0.2) is 17.7 Å². The van der Waals surface area contributed by atoms with E-state index in [2.05, 4.69) is 22.0 Å². The predicted octanol–water partition coefficient (Wildman–Crippen LogP) is 8.84. The molecule has 0 fully saturated rings. The Balaban J connectivity index is 1.33. The molecule has 0 aliphatic heterocycles. The molecule has 0 aromatic heterocycles. The average molecular weight is 646 g/mol. The van der Waals surface area contributed by atoms with Crippen molar-refractivity contribution in [3.8, 4) is 0 Å². The van der Waals surface area contributed by atoms with Crippen LogP contribution in [-0.2, 0) is 9.59 Å². The third-order valence-corrected chi connectivity index (χ3v) is 8.54. The van der Waals surface area contributed by atoms with Crippen LogP contribution in [0.4, 0.5) is 11.4 Å². The normalized spacial score (nSPS) is 11.8. The molecule has 0 spiro atoms. The van der Waals surface area contributed by atoms with Crippen LogP contribution in [0.25, 0.3) is 6.08 Å². The topological polar surface area (TPSA) is 87.3 Å². The highest BCUT2D eigenvalue weighted by atomic mass is 35.5. The minimum absolute atomic E-state index is 0.0348. The Morgan fingerprint density at radius 3 is 1.96 bits per heavy atom. The fraction of sp³-hybridized carbons (Fsp3) is 0.0789. The Bertz CT molecular complexity index is 1860. The Hall–Kier alpha value is -5.11. The minimum atomic E-state index is -0.514. The van der Waals surface area contributed by atoms with Crippen molar-refractivity contribution in [1.82, 2.24) is 5.32 Å². The number of aryl methyl sites for hydroxylation is 2. The molecule has 6 nitrogen and oxygen atoms in total. The van der Waals surface area contributed by atoms with E-state index in [0.717, 1.165) is 27.3 Å². The summed E-state index contributed by atoms with van der Waals surface area (Å²) in [6, 6.07) is 38.5. The van der Waals surface area contributed by atoms with Crippen LogP contribution in [0.5, 0.6) is 0 Å². The number of benzene rings is 5. The molecule has 3 amide bonds. The van der Waals surface area contributed by atoms with E-state index in [1.807, 2.05) is 74.5 Å². The summed E-state index contributed by atoms with van der Waals surface area (Å²) in [5.41, 5.74) is 5.31. The third-order valence-electron chi connectivity index (χ3n) is 6.93. The largest absolute Gasteiger partial charge is 0.325 e. The number of nitrogens with one attached hydrogen (secondary N) is 3. The number of carbonyl (C=O) groups excluding carboxylic acids is 3. The number of thioether (sulfide) groups is 1. The van der Waals surface area contributed by atoms with Gasteiger partial charge in [0.25, 0.3) is 11.8 Å². The van der Waals surface area contributed by atoms with Crippen molar-refractivity contribution in [2.75, 3.05) is 10.6 Å². The van der Waals surface area contributed by atoms with Crippen molar-refractivity contribution in [3.05, 3.63) is 166 Å². The van der Waals surface area contributed by atoms with Crippen molar-refractivity contribution < 1.29 is 14.4 Å². The lowest BCUT2D eigenvalue weighted by Crippen LogP contribution is -2.30. The lowest BCUT2D eigenvalue weighted by Gasteiger charge is -2.18. The molecule has 0 aliphatic rings. The second kappa shape index (κ2) is 15.3. The summed E-state index contributed by atoms with van der Waals surface area (Å²) in [5.74, 6) is -1.08. The van der Waals surface area contributed by atoms with E-state index >= 15 is 0 Å². The molecule has 0 heterocycles. The van der Waals surface area contributed by atoms with Gasteiger partial charge in [-0.2, -0.15) is 0 Å². The highest BCUT2D eigenvalue weighted by molar-refractivity contribution is 8.00. The zero-order valence-corrected chi connectivity index (χ0v) is 26.9. The van der Waals surface area contributed by atoms with Crippen LogP contribution in [0.1, 0.15) is 37.9 Å². The van der Waals surface area contributed by atoms with Gasteiger partial charge in [0.05, 0.1) is 0 Å². The van der Waals surface area contributed by atoms with Gasteiger partial charge in [0.2, 0.25) is 5.91 Å². The quantitative estimate of drug-likeness (QED) is 0.105. The van der Waals surface area contributed by atoms with Gasteiger partial charge in [-0.3, -0.25) is 14.4 Å². The Morgan fingerprint density at radius 2 is 1.30 bits per heavy atom. The minimum Gasteiger partial charge on any atom is -0.325 e. The molecule has 0 saturated carbocycles. The first-order valence-corrected chi connectivity index (χ1v) is 15.9. The highest BCUT2D eigenvalue weighted by Crippen LogP contribution is 2.37. The van der Waals surface area contributed by atoms with Crippen LogP contribution in [0, 0.1) is 13.8 Å². The molecule has 230 valence electrons. The Kier molecular flexibility index (Phi) is 10.7. The van der Waals surface area contributed by atoms with Gasteiger partial charge in [-0.25, -0.2) is 0 Å². The van der Waals surface area contributed by atoms with Crippen molar-refractivity contribution in [1.29, 1.82) is 0 Å². The first kappa shape index (κ1) is 32.3. The highest BCUT2D eigenvalue weighted by Gasteiger charge is 2.23. The summed E-state index contributed by atoms with van der Waals surface area (Å²) in [7, 11) is 0. The van der Waals surface area contributed by atoms with Crippen LogP contribution < -0.4 is 16.0 Å². The van der Waals surface area contributed by atoms with E-state index in [4.69, 9.17) is 11.6 Å². The fourth-order valence-electron chi connectivity index (χ4n) is 4.80. The number of anilines is 2. The number of hydrogen-bond acceptors (Lipinski definition) is 4. The standard InChI is InChI=1S/C38H32ClN3O3S/c1-25-21-26(2)23-31(22-25)41-38(45)35(27-11-5-3-6-12-27)46-32-19-17-30(18-20-32)40-37(44)34(24-29-15-9-10-16-33(29)39)42-36(43)28-13-7-4-8-14-28/h3-24,35H,1-2H3,(H,40,44)(H,41,45)(H,42,43)/b34-24-. The smallest absolute Gasteiger partial charge is 0.272 e. The van der Waals surface area contributed by atoms with Crippen molar-refractivity contribution >= 4 is 58.5 Å². The van der Waals surface area contributed by atoms with Crippen LogP contribution in [0.3, 0.4) is 0 Å². The molecule has 0 radical (unpaired) electrons. The lowest BCUT2D eigenvalue weighted by molar-refractivity contribution is -0.116. The van der Waals surface area contributed by atoms with Gasteiger partial charge in [0.1, 0.15) is 10.9 Å². The van der Waals surface area contributed by atoms with Gasteiger partial charge in [-0.1, -0.05) is 84.4 Å². The van der Waals surface area contributed by atoms with E-state index in [9.17, 15) is 14.4 Å². The maximum atomic E-state index is 13.6. The van der Waals surface area contributed by atoms with Crippen LogP contribution >= 0.6 is 23.4 Å². The lowest BCUT2D eigenvalue weighted by atomic mass is 10.1. The summed E-state index contributed by atoms with van der Waals surface area (Å²) in [6.07, 6.45) is 1.54. The van der Waals surface area contributed by atoms with E-state index in [1.54, 1.807) is 66.7 Å². The van der Waals surface area contributed by atoms with Gasteiger partial charge in [-0.05, 0) is 96.8 Å². The Morgan fingerprint density at radius 1 is 0.696 bits per heavy atom. The summed E-state index contributed by atoms with van der Waals surface area (Å²) in [6.45, 7) is 4.00. The zero-order valence-electron chi connectivity index (χ0n) is 25.3. The van der Waals surface area contributed by atoms with Crippen molar-refractivity contribution in [2.24, 2.45) is 0 Å². The molecule has 5 rings (SSSR count). The molecule has 46 heavy (non-hydrogen) atoms. The number of amides is 3. The van der Waals surface area contributed by atoms with E-state index in [-0.39, 0.29) is 11.6 Å².